The SMILES string of the molecule is CCOc1cc(-c2nc(SC)[nH]c(=O)c2C#N)cc(Br)c1O. The topological polar surface area (TPSA) is 99.0 Å². The molecule has 0 aliphatic carbocycles. The predicted molar refractivity (Wildman–Crippen MR) is 87.3 cm³/mol. The molecule has 0 bridgehead atoms. The Hall–Kier alpha value is -1.98. The van der Waals surface area contributed by atoms with E-state index in [0.29, 0.717) is 21.8 Å². The summed E-state index contributed by atoms with van der Waals surface area (Å²) in [5.41, 5.74) is 0.167. The highest BCUT2D eigenvalue weighted by Gasteiger charge is 2.17. The van der Waals surface area contributed by atoms with Crippen LogP contribution in [0.5, 0.6) is 11.5 Å². The minimum atomic E-state index is -0.501. The third kappa shape index (κ3) is 3.10. The van der Waals surface area contributed by atoms with E-state index in [0.717, 1.165) is 0 Å². The van der Waals surface area contributed by atoms with Crippen molar-refractivity contribution in [3.8, 4) is 28.8 Å². The molecule has 1 aromatic heterocycles. The van der Waals surface area contributed by atoms with Crippen LogP contribution in [0.4, 0.5) is 0 Å². The number of phenols is 1. The molecule has 0 atom stereocenters. The molecule has 2 aromatic rings. The number of hydrogen-bond acceptors (Lipinski definition) is 6. The van der Waals surface area contributed by atoms with Crippen LogP contribution in [0.3, 0.4) is 0 Å². The number of ether oxygens (including phenoxy) is 1. The summed E-state index contributed by atoms with van der Waals surface area (Å²) in [6.45, 7) is 2.16. The molecule has 114 valence electrons. The number of aromatic nitrogens is 2. The molecule has 22 heavy (non-hydrogen) atoms. The summed E-state index contributed by atoms with van der Waals surface area (Å²) >= 11 is 4.50. The third-order valence-electron chi connectivity index (χ3n) is 2.80. The summed E-state index contributed by atoms with van der Waals surface area (Å²) in [6, 6.07) is 5.00. The Kier molecular flexibility index (Phi) is 5.11. The second-order valence-electron chi connectivity index (χ2n) is 4.15. The third-order valence-corrected chi connectivity index (χ3v) is 3.99. The molecule has 0 amide bonds. The quantitative estimate of drug-likeness (QED) is 0.623. The number of rotatable bonds is 4. The van der Waals surface area contributed by atoms with Gasteiger partial charge in [0, 0.05) is 5.56 Å². The summed E-state index contributed by atoms with van der Waals surface area (Å²) in [6.07, 6.45) is 1.77. The average Bonchev–Trinajstić information content (AvgIpc) is 2.50. The van der Waals surface area contributed by atoms with Gasteiger partial charge in [-0.1, -0.05) is 11.8 Å². The number of phenolic OH excluding ortho intramolecular Hbond substituents is 1. The Bertz CT molecular complexity index is 814. The van der Waals surface area contributed by atoms with Crippen LogP contribution in [-0.4, -0.2) is 27.9 Å². The van der Waals surface area contributed by atoms with E-state index in [1.807, 2.05) is 6.07 Å². The molecule has 2 N–H and O–H groups in total. The fourth-order valence-corrected chi connectivity index (χ4v) is 2.66. The molecule has 0 spiro atoms. The smallest absolute Gasteiger partial charge is 0.270 e. The van der Waals surface area contributed by atoms with Gasteiger partial charge in [0.15, 0.2) is 16.7 Å². The number of aromatic amines is 1. The molecule has 6 nitrogen and oxygen atoms in total. The van der Waals surface area contributed by atoms with Crippen LogP contribution in [0, 0.1) is 11.3 Å². The Morgan fingerprint density at radius 1 is 1.55 bits per heavy atom. The summed E-state index contributed by atoms with van der Waals surface area (Å²) < 4.78 is 5.75. The number of halogens is 1. The average molecular weight is 382 g/mol. The fraction of sp³-hybridized carbons (Fsp3) is 0.214. The maximum atomic E-state index is 12.0. The van der Waals surface area contributed by atoms with Crippen LogP contribution in [0.1, 0.15) is 12.5 Å². The van der Waals surface area contributed by atoms with Crippen LogP contribution >= 0.6 is 27.7 Å². The van der Waals surface area contributed by atoms with E-state index in [4.69, 9.17) is 4.74 Å². The maximum Gasteiger partial charge on any atom is 0.270 e. The second kappa shape index (κ2) is 6.85. The zero-order chi connectivity index (χ0) is 16.3. The molecule has 0 fully saturated rings. The van der Waals surface area contributed by atoms with Gasteiger partial charge in [-0.25, -0.2) is 4.98 Å². The highest BCUT2D eigenvalue weighted by Crippen LogP contribution is 2.38. The number of benzene rings is 1. The van der Waals surface area contributed by atoms with Crippen molar-refractivity contribution >= 4 is 27.7 Å². The van der Waals surface area contributed by atoms with E-state index < -0.39 is 5.56 Å². The number of nitrogens with one attached hydrogen (secondary N) is 1. The van der Waals surface area contributed by atoms with Gasteiger partial charge in [0.2, 0.25) is 0 Å². The minimum absolute atomic E-state index is 0.0426. The van der Waals surface area contributed by atoms with Crippen molar-refractivity contribution in [2.75, 3.05) is 12.9 Å². The van der Waals surface area contributed by atoms with Crippen molar-refractivity contribution in [1.29, 1.82) is 5.26 Å². The van der Waals surface area contributed by atoms with Crippen LogP contribution in [0.2, 0.25) is 0 Å². The molecule has 0 radical (unpaired) electrons. The monoisotopic (exact) mass is 381 g/mol. The fourth-order valence-electron chi connectivity index (χ4n) is 1.84. The van der Waals surface area contributed by atoms with Crippen molar-refractivity contribution in [3.05, 3.63) is 32.5 Å². The van der Waals surface area contributed by atoms with Gasteiger partial charge in [-0.15, -0.1) is 0 Å². The zero-order valence-electron chi connectivity index (χ0n) is 11.8. The number of nitriles is 1. The Labute approximate surface area is 139 Å². The standard InChI is InChI=1S/C14H12BrN3O3S/c1-3-21-10-5-7(4-9(15)12(10)19)11-8(6-16)13(20)18-14(17-11)22-2/h4-5,19H,3H2,1-2H3,(H,17,18,20). The summed E-state index contributed by atoms with van der Waals surface area (Å²) in [4.78, 5) is 18.8. The van der Waals surface area contributed by atoms with Crippen molar-refractivity contribution in [1.82, 2.24) is 9.97 Å². The van der Waals surface area contributed by atoms with Crippen molar-refractivity contribution in [2.45, 2.75) is 12.1 Å². The summed E-state index contributed by atoms with van der Waals surface area (Å²) in [5.74, 6) is 0.211. The van der Waals surface area contributed by atoms with Crippen LogP contribution < -0.4 is 10.3 Å². The zero-order valence-corrected chi connectivity index (χ0v) is 14.2. The molecule has 0 aliphatic heterocycles. The van der Waals surface area contributed by atoms with Gasteiger partial charge >= 0.3 is 0 Å². The predicted octanol–water partition coefficient (Wildman–Crippen LogP) is 2.90. The van der Waals surface area contributed by atoms with E-state index in [1.54, 1.807) is 25.3 Å². The lowest BCUT2D eigenvalue weighted by atomic mass is 10.1. The number of nitrogens with zero attached hydrogens (tertiary/aromatic N) is 2. The van der Waals surface area contributed by atoms with E-state index in [2.05, 4.69) is 25.9 Å². The lowest BCUT2D eigenvalue weighted by Gasteiger charge is -2.11. The van der Waals surface area contributed by atoms with Gasteiger partial charge in [-0.2, -0.15) is 5.26 Å². The molecule has 0 aliphatic rings. The first-order valence-corrected chi connectivity index (χ1v) is 8.27. The van der Waals surface area contributed by atoms with E-state index in [-0.39, 0.29) is 22.8 Å². The van der Waals surface area contributed by atoms with Gasteiger partial charge < -0.3 is 14.8 Å². The molecule has 0 saturated heterocycles. The van der Waals surface area contributed by atoms with E-state index in [9.17, 15) is 15.2 Å². The van der Waals surface area contributed by atoms with Gasteiger partial charge in [0.1, 0.15) is 11.6 Å². The van der Waals surface area contributed by atoms with Crippen molar-refractivity contribution in [3.63, 3.8) is 0 Å². The lowest BCUT2D eigenvalue weighted by Crippen LogP contribution is -2.14. The Balaban J connectivity index is 2.74. The molecule has 8 heteroatoms. The Morgan fingerprint density at radius 2 is 2.27 bits per heavy atom. The lowest BCUT2D eigenvalue weighted by molar-refractivity contribution is 0.317. The van der Waals surface area contributed by atoms with Gasteiger partial charge in [-0.05, 0) is 41.2 Å². The highest BCUT2D eigenvalue weighted by atomic mass is 79.9. The summed E-state index contributed by atoms with van der Waals surface area (Å²) in [7, 11) is 0. The van der Waals surface area contributed by atoms with Crippen molar-refractivity contribution in [2.24, 2.45) is 0 Å². The number of aromatic hydroxyl groups is 1. The molecule has 1 heterocycles. The molecule has 0 unspecified atom stereocenters. The number of H-pyrrole nitrogens is 1. The van der Waals surface area contributed by atoms with Crippen LogP contribution in [0.15, 0.2) is 26.6 Å². The van der Waals surface area contributed by atoms with Crippen LogP contribution in [-0.2, 0) is 0 Å². The molecule has 1 aromatic carbocycles. The molecule has 2 rings (SSSR count). The Morgan fingerprint density at radius 3 is 2.86 bits per heavy atom. The normalized spacial score (nSPS) is 10.3. The van der Waals surface area contributed by atoms with Crippen molar-refractivity contribution < 1.29 is 9.84 Å². The largest absolute Gasteiger partial charge is 0.503 e. The second-order valence-corrected chi connectivity index (χ2v) is 5.80. The van der Waals surface area contributed by atoms with E-state index >= 15 is 0 Å². The van der Waals surface area contributed by atoms with E-state index in [1.165, 1.54) is 11.8 Å². The first kappa shape index (κ1) is 16.4. The summed E-state index contributed by atoms with van der Waals surface area (Å²) in [5, 5.41) is 19.6. The number of thioether (sulfide) groups is 1. The number of hydrogen-bond donors (Lipinski definition) is 2. The molecule has 0 saturated carbocycles. The van der Waals surface area contributed by atoms with Gasteiger partial charge in [0.05, 0.1) is 16.8 Å². The highest BCUT2D eigenvalue weighted by molar-refractivity contribution is 9.10. The molecular weight excluding hydrogens is 370 g/mol. The molecular formula is C14H12BrN3O3S. The maximum absolute atomic E-state index is 12.0. The van der Waals surface area contributed by atoms with Crippen LogP contribution in [0.25, 0.3) is 11.3 Å². The first-order chi connectivity index (χ1) is 10.5. The minimum Gasteiger partial charge on any atom is -0.503 e. The first-order valence-electron chi connectivity index (χ1n) is 6.25. The van der Waals surface area contributed by atoms with Gasteiger partial charge in [0.25, 0.3) is 5.56 Å². The van der Waals surface area contributed by atoms with Gasteiger partial charge in [-0.3, -0.25) is 4.79 Å².